The van der Waals surface area contributed by atoms with Gasteiger partial charge < -0.3 is 9.64 Å². The van der Waals surface area contributed by atoms with E-state index >= 15 is 0 Å². The van der Waals surface area contributed by atoms with Gasteiger partial charge in [-0.3, -0.25) is 5.32 Å². The van der Waals surface area contributed by atoms with Gasteiger partial charge in [0.25, 0.3) is 0 Å². The van der Waals surface area contributed by atoms with E-state index in [1.807, 2.05) is 29.7 Å². The molecule has 2 aromatic heterocycles. The van der Waals surface area contributed by atoms with E-state index in [1.54, 1.807) is 17.7 Å². The Balaban J connectivity index is 1.34. The third-order valence-corrected chi connectivity index (χ3v) is 5.97. The fourth-order valence-corrected chi connectivity index (χ4v) is 4.33. The largest absolute Gasteiger partial charge is 0.444 e. The number of carbonyl (C=O) groups is 1. The lowest BCUT2D eigenvalue weighted by Gasteiger charge is -2.18. The Morgan fingerprint density at radius 1 is 1.36 bits per heavy atom. The van der Waals surface area contributed by atoms with Gasteiger partial charge in [-0.15, -0.1) is 11.3 Å². The molecule has 2 aliphatic rings. The van der Waals surface area contributed by atoms with Gasteiger partial charge in [-0.05, 0) is 35.4 Å². The fraction of sp³-hybridized carbons (Fsp3) is 0.381. The quantitative estimate of drug-likeness (QED) is 0.836. The van der Waals surface area contributed by atoms with Gasteiger partial charge in [-0.1, -0.05) is 32.1 Å². The van der Waals surface area contributed by atoms with Gasteiger partial charge in [0, 0.05) is 18.7 Å². The molecule has 0 aromatic carbocycles. The van der Waals surface area contributed by atoms with Crippen molar-refractivity contribution in [2.75, 3.05) is 18.0 Å². The molecular weight excluding hydrogens is 372 g/mol. The maximum Gasteiger partial charge on any atom is 0.411 e. The number of thiophene rings is 1. The van der Waals surface area contributed by atoms with Crippen molar-refractivity contribution < 1.29 is 9.53 Å². The van der Waals surface area contributed by atoms with Crippen molar-refractivity contribution >= 4 is 33.5 Å². The van der Waals surface area contributed by atoms with Gasteiger partial charge in [-0.25, -0.2) is 14.8 Å². The molecule has 2 aromatic rings. The molecule has 0 spiro atoms. The molecular formula is C21H24N4O2S. The molecule has 3 heterocycles. The molecule has 28 heavy (non-hydrogen) atoms. The topological polar surface area (TPSA) is 67.3 Å². The van der Waals surface area contributed by atoms with E-state index in [4.69, 9.17) is 4.74 Å². The van der Waals surface area contributed by atoms with Crippen molar-refractivity contribution in [3.05, 3.63) is 53.9 Å². The molecule has 0 radical (unpaired) electrons. The number of hydrogen-bond acceptors (Lipinski definition) is 6. The minimum atomic E-state index is -0.414. The predicted molar refractivity (Wildman–Crippen MR) is 112 cm³/mol. The summed E-state index contributed by atoms with van der Waals surface area (Å²) in [6.07, 6.45) is 11.9. The number of fused-ring (bicyclic) bond motifs is 1. The molecule has 0 saturated carbocycles. The summed E-state index contributed by atoms with van der Waals surface area (Å²) >= 11 is 1.63. The number of anilines is 1. The Morgan fingerprint density at radius 3 is 3.11 bits per heavy atom. The average Bonchev–Trinajstić information content (AvgIpc) is 3.27. The monoisotopic (exact) mass is 396 g/mol. The van der Waals surface area contributed by atoms with E-state index < -0.39 is 6.09 Å². The smallest absolute Gasteiger partial charge is 0.411 e. The molecule has 146 valence electrons. The SMILES string of the molecule is CC(C)C1C=CC=C(NC(=O)OC2CCN(c3ncnc4ccsc34)C2)C=C1. The van der Waals surface area contributed by atoms with Crippen LogP contribution in [0.25, 0.3) is 10.2 Å². The highest BCUT2D eigenvalue weighted by Crippen LogP contribution is 2.30. The lowest BCUT2D eigenvalue weighted by atomic mass is 9.95. The third kappa shape index (κ3) is 4.09. The number of nitrogens with zero attached hydrogens (tertiary/aromatic N) is 3. The van der Waals surface area contributed by atoms with Crippen molar-refractivity contribution in [3.63, 3.8) is 0 Å². The molecule has 0 bridgehead atoms. The summed E-state index contributed by atoms with van der Waals surface area (Å²) in [7, 11) is 0. The summed E-state index contributed by atoms with van der Waals surface area (Å²) in [6.45, 7) is 5.81. The number of aromatic nitrogens is 2. The highest BCUT2D eigenvalue weighted by atomic mass is 32.1. The predicted octanol–water partition coefficient (Wildman–Crippen LogP) is 4.28. The summed E-state index contributed by atoms with van der Waals surface area (Å²) in [6, 6.07) is 1.99. The first-order chi connectivity index (χ1) is 13.6. The van der Waals surface area contributed by atoms with E-state index in [0.717, 1.165) is 34.7 Å². The zero-order chi connectivity index (χ0) is 19.5. The van der Waals surface area contributed by atoms with Crippen LogP contribution in [0.5, 0.6) is 0 Å². The van der Waals surface area contributed by atoms with Crippen molar-refractivity contribution in [1.29, 1.82) is 0 Å². The Labute approximate surface area is 168 Å². The first kappa shape index (κ1) is 18.7. The van der Waals surface area contributed by atoms with Crippen LogP contribution in [0.3, 0.4) is 0 Å². The number of rotatable bonds is 4. The number of nitrogens with one attached hydrogen (secondary N) is 1. The van der Waals surface area contributed by atoms with Gasteiger partial charge in [0.1, 0.15) is 18.2 Å². The molecule has 7 heteroatoms. The van der Waals surface area contributed by atoms with Crippen LogP contribution in [0.4, 0.5) is 10.6 Å². The van der Waals surface area contributed by atoms with Crippen LogP contribution in [0.2, 0.25) is 0 Å². The Morgan fingerprint density at radius 2 is 2.25 bits per heavy atom. The van der Waals surface area contributed by atoms with Crippen LogP contribution < -0.4 is 10.2 Å². The number of allylic oxidation sites excluding steroid dienone is 5. The second-order valence-corrected chi connectivity index (χ2v) is 8.32. The second kappa shape index (κ2) is 8.14. The molecule has 1 saturated heterocycles. The van der Waals surface area contributed by atoms with Crippen LogP contribution in [-0.4, -0.2) is 35.3 Å². The lowest BCUT2D eigenvalue weighted by molar-refractivity contribution is 0.111. The molecule has 1 amide bonds. The number of ether oxygens (including phenoxy) is 1. The molecule has 1 aliphatic heterocycles. The van der Waals surface area contributed by atoms with E-state index in [-0.39, 0.29) is 6.10 Å². The van der Waals surface area contributed by atoms with Crippen LogP contribution in [-0.2, 0) is 4.74 Å². The maximum atomic E-state index is 12.3. The van der Waals surface area contributed by atoms with Crippen LogP contribution in [0.1, 0.15) is 20.3 Å². The molecule has 2 unspecified atom stereocenters. The highest BCUT2D eigenvalue weighted by molar-refractivity contribution is 7.17. The van der Waals surface area contributed by atoms with Crippen LogP contribution in [0.15, 0.2) is 53.9 Å². The molecule has 2 atom stereocenters. The van der Waals surface area contributed by atoms with Crippen molar-refractivity contribution in [2.45, 2.75) is 26.4 Å². The van der Waals surface area contributed by atoms with Crippen LogP contribution in [0, 0.1) is 11.8 Å². The highest BCUT2D eigenvalue weighted by Gasteiger charge is 2.28. The minimum Gasteiger partial charge on any atom is -0.444 e. The number of hydrogen-bond donors (Lipinski definition) is 1. The second-order valence-electron chi connectivity index (χ2n) is 7.41. The summed E-state index contributed by atoms with van der Waals surface area (Å²) in [5.74, 6) is 1.82. The standard InChI is InChI=1S/C21H24N4O2S/c1-14(2)15-4-3-5-16(7-6-15)24-21(26)27-17-8-10-25(12-17)20-19-18(9-11-28-19)22-13-23-20/h3-7,9,11,13-15,17H,8,10,12H2,1-2H3,(H,24,26). The normalized spacial score (nSPS) is 21.8. The Bertz CT molecular complexity index is 947. The van der Waals surface area contributed by atoms with Gasteiger partial charge in [0.2, 0.25) is 0 Å². The van der Waals surface area contributed by atoms with Crippen LogP contribution >= 0.6 is 11.3 Å². The van der Waals surface area contributed by atoms with Gasteiger partial charge in [-0.2, -0.15) is 0 Å². The summed E-state index contributed by atoms with van der Waals surface area (Å²) in [4.78, 5) is 23.2. The average molecular weight is 397 g/mol. The zero-order valence-corrected chi connectivity index (χ0v) is 16.9. The minimum absolute atomic E-state index is 0.153. The van der Waals surface area contributed by atoms with E-state index in [0.29, 0.717) is 18.4 Å². The van der Waals surface area contributed by atoms with Gasteiger partial charge >= 0.3 is 6.09 Å². The molecule has 1 aliphatic carbocycles. The molecule has 1 fully saturated rings. The van der Waals surface area contributed by atoms with E-state index in [2.05, 4.69) is 46.2 Å². The van der Waals surface area contributed by atoms with Gasteiger partial charge in [0.05, 0.1) is 16.8 Å². The Hall–Kier alpha value is -2.67. The van der Waals surface area contributed by atoms with Gasteiger partial charge in [0.15, 0.2) is 0 Å². The first-order valence-electron chi connectivity index (χ1n) is 9.57. The summed E-state index contributed by atoms with van der Waals surface area (Å²) < 4.78 is 6.72. The Kier molecular flexibility index (Phi) is 5.43. The fourth-order valence-electron chi connectivity index (χ4n) is 3.47. The zero-order valence-electron chi connectivity index (χ0n) is 16.0. The first-order valence-corrected chi connectivity index (χ1v) is 10.5. The lowest BCUT2D eigenvalue weighted by Crippen LogP contribution is -2.30. The molecule has 1 N–H and O–H groups in total. The molecule has 4 rings (SSSR count). The van der Waals surface area contributed by atoms with Crippen molar-refractivity contribution in [3.8, 4) is 0 Å². The summed E-state index contributed by atoms with van der Waals surface area (Å²) in [5, 5.41) is 4.87. The van der Waals surface area contributed by atoms with E-state index in [9.17, 15) is 4.79 Å². The van der Waals surface area contributed by atoms with E-state index in [1.165, 1.54) is 0 Å². The molecule has 6 nitrogen and oxygen atoms in total. The third-order valence-electron chi connectivity index (χ3n) is 5.07. The van der Waals surface area contributed by atoms with Crippen molar-refractivity contribution in [2.24, 2.45) is 11.8 Å². The van der Waals surface area contributed by atoms with Crippen molar-refractivity contribution in [1.82, 2.24) is 15.3 Å². The summed E-state index contributed by atoms with van der Waals surface area (Å²) in [5.41, 5.74) is 1.70. The number of carbonyl (C=O) groups excluding carboxylic acids is 1. The maximum absolute atomic E-state index is 12.3. The number of amides is 1. The number of alkyl carbamates (subject to hydrolysis) is 1.